The van der Waals surface area contributed by atoms with Gasteiger partial charge in [0.1, 0.15) is 0 Å². The zero-order valence-corrected chi connectivity index (χ0v) is 30.0. The molecule has 1 saturated heterocycles. The maximum atomic E-state index is 14.0. The molecular weight excluding hydrogens is 555 g/mol. The normalized spacial score (nSPS) is 20.3. The number of imide groups is 1. The molecule has 0 aromatic carbocycles. The molecule has 41 heavy (non-hydrogen) atoms. The van der Waals surface area contributed by atoms with Gasteiger partial charge in [0.15, 0.2) is 16.6 Å². The largest absolute Gasteiger partial charge is 0.481 e. The highest BCUT2D eigenvalue weighted by atomic mass is 28.4. The van der Waals surface area contributed by atoms with Crippen LogP contribution in [-0.2, 0) is 28.0 Å². The van der Waals surface area contributed by atoms with E-state index in [2.05, 4.69) is 53.9 Å². The van der Waals surface area contributed by atoms with Crippen molar-refractivity contribution in [2.24, 2.45) is 34.5 Å². The number of rotatable bonds is 17. The van der Waals surface area contributed by atoms with Crippen molar-refractivity contribution < 1.29 is 33.1 Å². The predicted octanol–water partition coefficient (Wildman–Crippen LogP) is 6.96. The van der Waals surface area contributed by atoms with Crippen molar-refractivity contribution in [1.29, 1.82) is 0 Å². The molecule has 238 valence electrons. The molecule has 1 fully saturated rings. The summed E-state index contributed by atoms with van der Waals surface area (Å²) in [6, 6.07) is 2.00. The number of likely N-dealkylation sites (tertiary alicyclic amines) is 1. The molecule has 1 aliphatic heterocycles. The van der Waals surface area contributed by atoms with Gasteiger partial charge in [-0.1, -0.05) is 61.3 Å². The van der Waals surface area contributed by atoms with Gasteiger partial charge in [-0.3, -0.25) is 24.1 Å². The third-order valence-corrected chi connectivity index (χ3v) is 15.9. The van der Waals surface area contributed by atoms with E-state index in [0.29, 0.717) is 19.4 Å². The lowest BCUT2D eigenvalue weighted by atomic mass is 9.64. The highest BCUT2D eigenvalue weighted by Gasteiger charge is 2.55. The van der Waals surface area contributed by atoms with E-state index >= 15 is 0 Å². The van der Waals surface area contributed by atoms with E-state index in [0.717, 1.165) is 18.5 Å². The van der Waals surface area contributed by atoms with E-state index in [4.69, 9.17) is 8.85 Å². The Kier molecular flexibility index (Phi) is 13.5. The van der Waals surface area contributed by atoms with Crippen LogP contribution in [0.1, 0.15) is 87.5 Å². The van der Waals surface area contributed by atoms with Crippen LogP contribution in [0.2, 0.25) is 38.3 Å². The summed E-state index contributed by atoms with van der Waals surface area (Å²) in [5.41, 5.74) is -1.03. The minimum Gasteiger partial charge on any atom is -0.481 e. The lowest BCUT2D eigenvalue weighted by Gasteiger charge is -2.37. The van der Waals surface area contributed by atoms with Crippen molar-refractivity contribution in [3.05, 3.63) is 0 Å². The number of hydrogen-bond acceptors (Lipinski definition) is 6. The number of amides is 2. The summed E-state index contributed by atoms with van der Waals surface area (Å²) in [5.74, 6) is -5.14. The van der Waals surface area contributed by atoms with Gasteiger partial charge in [-0.2, -0.15) is 0 Å². The highest BCUT2D eigenvalue weighted by Crippen LogP contribution is 2.48. The number of hydrogen-bond donors (Lipinski definition) is 1. The Labute approximate surface area is 251 Å². The number of carbonyl (C=O) groups is 4. The Balaban J connectivity index is 3.18. The quantitative estimate of drug-likeness (QED) is 0.107. The van der Waals surface area contributed by atoms with Crippen LogP contribution in [0.25, 0.3) is 0 Å². The first kappa shape index (κ1) is 37.5. The monoisotopic (exact) mass is 613 g/mol. The molecule has 10 heteroatoms. The molecule has 1 aliphatic rings. The number of esters is 1. The topological polar surface area (TPSA) is 110 Å². The second kappa shape index (κ2) is 14.8. The molecule has 0 saturated carbocycles. The number of aliphatic carboxylic acids is 1. The van der Waals surface area contributed by atoms with Crippen LogP contribution in [0.5, 0.6) is 0 Å². The maximum Gasteiger partial charge on any atom is 0.309 e. The van der Waals surface area contributed by atoms with E-state index in [1.165, 1.54) is 11.3 Å². The second-order valence-electron chi connectivity index (χ2n) is 15.2. The number of ether oxygens (including phenoxy) is 1. The number of carboxylic acid groups (broad SMARTS) is 1. The standard InChI is InChI=1S/C31H59NO7Si2/c1-13-15-18-40(9,10)39-41(11,12)19-16-17-32-26(33)24(20-30(4,5)6)25(27(32)34)31(7,8)21-23(28(35)36)22(3)29(37)38-14-2/h22-25H,13-21H2,1-12H3,(H,35,36). The molecule has 4 unspecified atom stereocenters. The van der Waals surface area contributed by atoms with E-state index in [-0.39, 0.29) is 30.3 Å². The minimum atomic E-state index is -1.97. The summed E-state index contributed by atoms with van der Waals surface area (Å²) < 4.78 is 11.8. The van der Waals surface area contributed by atoms with Crippen molar-refractivity contribution in [3.63, 3.8) is 0 Å². The Morgan fingerprint density at radius 3 is 1.95 bits per heavy atom. The number of carboxylic acids is 1. The van der Waals surface area contributed by atoms with Crippen molar-refractivity contribution in [2.45, 2.75) is 126 Å². The first-order chi connectivity index (χ1) is 18.6. The van der Waals surface area contributed by atoms with Crippen LogP contribution >= 0.6 is 0 Å². The summed E-state index contributed by atoms with van der Waals surface area (Å²) >= 11 is 0. The molecule has 1 rings (SSSR count). The predicted molar refractivity (Wildman–Crippen MR) is 168 cm³/mol. The Morgan fingerprint density at radius 1 is 0.951 bits per heavy atom. The van der Waals surface area contributed by atoms with Gasteiger partial charge in [-0.05, 0) is 75.3 Å². The van der Waals surface area contributed by atoms with Crippen LogP contribution in [-0.4, -0.2) is 63.5 Å². The molecule has 1 N–H and O–H groups in total. The van der Waals surface area contributed by atoms with Crippen LogP contribution in [0.4, 0.5) is 0 Å². The number of carbonyl (C=O) groups excluding carboxylic acids is 3. The lowest BCUT2D eigenvalue weighted by Crippen LogP contribution is -2.44. The molecule has 0 bridgehead atoms. The molecule has 4 atom stereocenters. The first-order valence-corrected chi connectivity index (χ1v) is 21.8. The summed E-state index contributed by atoms with van der Waals surface area (Å²) in [6.45, 7) is 24.9. The highest BCUT2D eigenvalue weighted by molar-refractivity contribution is 6.84. The molecule has 1 heterocycles. The molecule has 0 aliphatic carbocycles. The van der Waals surface area contributed by atoms with Gasteiger partial charge in [0.2, 0.25) is 11.8 Å². The average Bonchev–Trinajstić information content (AvgIpc) is 3.03. The van der Waals surface area contributed by atoms with Gasteiger partial charge < -0.3 is 14.0 Å². The first-order valence-electron chi connectivity index (χ1n) is 15.5. The molecule has 8 nitrogen and oxygen atoms in total. The molecule has 2 amide bonds. The molecule has 0 aromatic rings. The zero-order chi connectivity index (χ0) is 32.0. The zero-order valence-electron chi connectivity index (χ0n) is 28.0. The van der Waals surface area contributed by atoms with Crippen LogP contribution < -0.4 is 0 Å². The van der Waals surface area contributed by atoms with Crippen molar-refractivity contribution in [3.8, 4) is 0 Å². The summed E-state index contributed by atoms with van der Waals surface area (Å²) in [4.78, 5) is 53.9. The number of nitrogens with zero attached hydrogens (tertiary/aromatic N) is 1. The number of unbranched alkanes of at least 4 members (excludes halogenated alkanes) is 1. The van der Waals surface area contributed by atoms with Gasteiger partial charge in [-0.15, -0.1) is 0 Å². The van der Waals surface area contributed by atoms with E-state index in [1.807, 2.05) is 13.8 Å². The van der Waals surface area contributed by atoms with Gasteiger partial charge in [0, 0.05) is 6.54 Å². The lowest BCUT2D eigenvalue weighted by molar-refractivity contribution is -0.158. The molecule has 0 radical (unpaired) electrons. The third-order valence-electron chi connectivity index (χ3n) is 8.36. The van der Waals surface area contributed by atoms with Crippen molar-refractivity contribution >= 4 is 40.4 Å². The summed E-state index contributed by atoms with van der Waals surface area (Å²) in [7, 11) is -3.73. The maximum absolute atomic E-state index is 14.0. The fourth-order valence-electron chi connectivity index (χ4n) is 6.48. The Bertz CT molecular complexity index is 926. The Morgan fingerprint density at radius 2 is 1.49 bits per heavy atom. The van der Waals surface area contributed by atoms with Crippen LogP contribution in [0.3, 0.4) is 0 Å². The Hall–Kier alpha value is -1.53. The third kappa shape index (κ3) is 11.2. The van der Waals surface area contributed by atoms with E-state index in [1.54, 1.807) is 13.8 Å². The van der Waals surface area contributed by atoms with Gasteiger partial charge in [-0.25, -0.2) is 0 Å². The van der Waals surface area contributed by atoms with E-state index < -0.39 is 57.7 Å². The SMILES string of the molecule is CCCC[Si](C)(C)O[Si](C)(C)CCCN1C(=O)C(CC(C)(C)C)C(C(C)(C)CC(C(=O)O)C(C)C(=O)OCC)C1=O. The summed E-state index contributed by atoms with van der Waals surface area (Å²) in [5, 5.41) is 10.0. The molecular formula is C31H59NO7Si2. The fraction of sp³-hybridized carbons (Fsp3) is 0.871. The second-order valence-corrected chi connectivity index (χ2v) is 24.0. The fourth-order valence-corrected chi connectivity index (χ4v) is 15.5. The van der Waals surface area contributed by atoms with Crippen molar-refractivity contribution in [2.75, 3.05) is 13.2 Å². The minimum absolute atomic E-state index is 0.0890. The van der Waals surface area contributed by atoms with Gasteiger partial charge in [0.05, 0.1) is 30.3 Å². The van der Waals surface area contributed by atoms with Crippen molar-refractivity contribution in [1.82, 2.24) is 4.90 Å². The van der Waals surface area contributed by atoms with Crippen LogP contribution in [0.15, 0.2) is 0 Å². The van der Waals surface area contributed by atoms with Gasteiger partial charge in [0.25, 0.3) is 0 Å². The van der Waals surface area contributed by atoms with Crippen LogP contribution in [0, 0.1) is 34.5 Å². The molecule has 0 aromatic heterocycles. The smallest absolute Gasteiger partial charge is 0.309 e. The van der Waals surface area contributed by atoms with Gasteiger partial charge >= 0.3 is 11.9 Å². The summed E-state index contributed by atoms with van der Waals surface area (Å²) in [6.07, 6.45) is 3.64. The average molecular weight is 614 g/mol. The molecule has 0 spiro atoms. The van der Waals surface area contributed by atoms with E-state index in [9.17, 15) is 24.3 Å².